The van der Waals surface area contributed by atoms with Gasteiger partial charge in [0.1, 0.15) is 17.2 Å². The number of methoxy groups -OCH3 is 2. The lowest BCUT2D eigenvalue weighted by Gasteiger charge is -2.16. The lowest BCUT2D eigenvalue weighted by Crippen LogP contribution is -2.30. The van der Waals surface area contributed by atoms with Crippen LogP contribution in [0.4, 0.5) is 5.69 Å². The number of anilines is 1. The lowest BCUT2D eigenvalue weighted by molar-refractivity contribution is -0.122. The molecule has 1 amide bonds. The Bertz CT molecular complexity index is 716. The molecule has 0 spiro atoms. The fraction of sp³-hybridized carbons (Fsp3) is 0.235. The van der Waals surface area contributed by atoms with Gasteiger partial charge in [0.25, 0.3) is 5.91 Å². The van der Waals surface area contributed by atoms with Gasteiger partial charge in [-0.3, -0.25) is 4.79 Å². The monoisotopic (exact) mass is 413 g/mol. The van der Waals surface area contributed by atoms with Crippen molar-refractivity contribution in [3.63, 3.8) is 0 Å². The minimum Gasteiger partial charge on any atom is -0.497 e. The Balaban J connectivity index is 2.08. The van der Waals surface area contributed by atoms with Gasteiger partial charge >= 0.3 is 0 Å². The molecule has 0 radical (unpaired) electrons. The van der Waals surface area contributed by atoms with Gasteiger partial charge < -0.3 is 19.5 Å². The number of hydrogen-bond donors (Lipinski definition) is 1. The summed E-state index contributed by atoms with van der Waals surface area (Å²) in [7, 11) is 3.09. The number of ether oxygens (including phenoxy) is 3. The molecule has 0 aliphatic carbocycles. The number of halogens is 2. The third-order valence-electron chi connectivity index (χ3n) is 3.19. The number of benzene rings is 2. The van der Waals surface area contributed by atoms with E-state index in [0.29, 0.717) is 28.0 Å². The molecule has 0 saturated carbocycles. The van der Waals surface area contributed by atoms with Crippen LogP contribution < -0.4 is 19.5 Å². The average Bonchev–Trinajstić information content (AvgIpc) is 2.56. The third-order valence-corrected chi connectivity index (χ3v) is 3.97. The predicted molar refractivity (Wildman–Crippen MR) is 97.4 cm³/mol. The Kier molecular flexibility index (Phi) is 6.34. The van der Waals surface area contributed by atoms with E-state index < -0.39 is 6.10 Å². The van der Waals surface area contributed by atoms with Crippen molar-refractivity contribution in [3.8, 4) is 17.2 Å². The highest BCUT2D eigenvalue weighted by molar-refractivity contribution is 9.10. The molecule has 1 atom stereocenters. The van der Waals surface area contributed by atoms with Gasteiger partial charge in [-0.1, -0.05) is 27.5 Å². The molecule has 2 aromatic rings. The number of carbonyl (C=O) groups is 1. The van der Waals surface area contributed by atoms with Crippen LogP contribution in [0.15, 0.2) is 40.9 Å². The summed E-state index contributed by atoms with van der Waals surface area (Å²) in [6.07, 6.45) is -0.735. The molecule has 128 valence electrons. The van der Waals surface area contributed by atoms with Crippen molar-refractivity contribution in [2.24, 2.45) is 0 Å². The summed E-state index contributed by atoms with van der Waals surface area (Å²) in [5.74, 6) is 1.28. The Morgan fingerprint density at radius 2 is 1.75 bits per heavy atom. The van der Waals surface area contributed by atoms with Gasteiger partial charge in [0, 0.05) is 28.4 Å². The van der Waals surface area contributed by atoms with E-state index in [1.54, 1.807) is 57.5 Å². The zero-order valence-corrected chi connectivity index (χ0v) is 15.8. The normalized spacial score (nSPS) is 11.5. The number of nitrogens with one attached hydrogen (secondary N) is 1. The third kappa shape index (κ3) is 4.79. The number of carbonyl (C=O) groups excluding carboxylic acids is 1. The maximum absolute atomic E-state index is 12.3. The summed E-state index contributed by atoms with van der Waals surface area (Å²) < 4.78 is 16.8. The van der Waals surface area contributed by atoms with Crippen LogP contribution in [0.1, 0.15) is 6.92 Å². The molecule has 2 aromatic carbocycles. The highest BCUT2D eigenvalue weighted by Gasteiger charge is 2.17. The van der Waals surface area contributed by atoms with Crippen LogP contribution in [0.5, 0.6) is 17.2 Å². The molecule has 0 aliphatic heterocycles. The van der Waals surface area contributed by atoms with Crippen LogP contribution in [0, 0.1) is 0 Å². The quantitative estimate of drug-likeness (QED) is 0.755. The topological polar surface area (TPSA) is 56.8 Å². The number of hydrogen-bond acceptors (Lipinski definition) is 4. The summed E-state index contributed by atoms with van der Waals surface area (Å²) in [6.45, 7) is 1.64. The van der Waals surface area contributed by atoms with Gasteiger partial charge in [0.2, 0.25) is 0 Å². The van der Waals surface area contributed by atoms with E-state index in [-0.39, 0.29) is 5.91 Å². The molecule has 24 heavy (non-hydrogen) atoms. The largest absolute Gasteiger partial charge is 0.497 e. The maximum Gasteiger partial charge on any atom is 0.265 e. The van der Waals surface area contributed by atoms with E-state index in [1.807, 2.05) is 0 Å². The Labute approximate surface area is 154 Å². The van der Waals surface area contributed by atoms with Crippen LogP contribution in [0.25, 0.3) is 0 Å². The second-order valence-electron chi connectivity index (χ2n) is 4.93. The maximum atomic E-state index is 12.3. The minimum atomic E-state index is -0.735. The van der Waals surface area contributed by atoms with E-state index in [9.17, 15) is 4.79 Å². The molecular formula is C17H17BrClNO4. The smallest absolute Gasteiger partial charge is 0.265 e. The molecule has 5 nitrogen and oxygen atoms in total. The molecule has 0 aliphatic rings. The lowest BCUT2D eigenvalue weighted by atomic mass is 10.2. The van der Waals surface area contributed by atoms with Gasteiger partial charge in [0.15, 0.2) is 6.10 Å². The molecule has 2 rings (SSSR count). The van der Waals surface area contributed by atoms with Gasteiger partial charge in [-0.25, -0.2) is 0 Å². The van der Waals surface area contributed by atoms with E-state index >= 15 is 0 Å². The summed E-state index contributed by atoms with van der Waals surface area (Å²) in [5.41, 5.74) is 0.550. The number of rotatable bonds is 6. The standard InChI is InChI=1S/C17H17BrClNO4/c1-10(24-16-5-4-11(18)6-15(16)19)17(21)20-12-7-13(22-2)9-14(8-12)23-3/h4-10H,1-3H3,(H,20,21). The Hall–Kier alpha value is -1.92. The first-order chi connectivity index (χ1) is 11.4. The van der Waals surface area contributed by atoms with E-state index in [1.165, 1.54) is 0 Å². The first-order valence-corrected chi connectivity index (χ1v) is 8.25. The fourth-order valence-corrected chi connectivity index (χ4v) is 2.66. The van der Waals surface area contributed by atoms with Crippen molar-refractivity contribution < 1.29 is 19.0 Å². The molecule has 0 aromatic heterocycles. The van der Waals surface area contributed by atoms with Gasteiger partial charge in [0.05, 0.1) is 19.2 Å². The SMILES string of the molecule is COc1cc(NC(=O)C(C)Oc2ccc(Br)cc2Cl)cc(OC)c1. The molecular weight excluding hydrogens is 398 g/mol. The van der Waals surface area contributed by atoms with Crippen molar-refractivity contribution in [1.82, 2.24) is 0 Å². The highest BCUT2D eigenvalue weighted by atomic mass is 79.9. The van der Waals surface area contributed by atoms with Crippen LogP contribution in [-0.2, 0) is 4.79 Å². The molecule has 0 heterocycles. The van der Waals surface area contributed by atoms with Crippen LogP contribution in [0.3, 0.4) is 0 Å². The van der Waals surface area contributed by atoms with Crippen LogP contribution >= 0.6 is 27.5 Å². The van der Waals surface area contributed by atoms with Gasteiger partial charge in [-0.15, -0.1) is 0 Å². The predicted octanol–water partition coefficient (Wildman–Crippen LogP) is 4.53. The summed E-state index contributed by atoms with van der Waals surface area (Å²) >= 11 is 9.42. The summed E-state index contributed by atoms with van der Waals surface area (Å²) in [4.78, 5) is 12.3. The molecule has 0 saturated heterocycles. The second-order valence-corrected chi connectivity index (χ2v) is 6.25. The molecule has 1 unspecified atom stereocenters. The van der Waals surface area contributed by atoms with Crippen molar-refractivity contribution in [2.45, 2.75) is 13.0 Å². The summed E-state index contributed by atoms with van der Waals surface area (Å²) in [6, 6.07) is 10.3. The Morgan fingerprint density at radius 3 is 2.29 bits per heavy atom. The second kappa shape index (κ2) is 8.26. The Morgan fingerprint density at radius 1 is 1.12 bits per heavy atom. The van der Waals surface area contributed by atoms with E-state index in [0.717, 1.165) is 4.47 Å². The molecule has 1 N–H and O–H groups in total. The van der Waals surface area contributed by atoms with Crippen molar-refractivity contribution in [3.05, 3.63) is 45.9 Å². The first kappa shape index (κ1) is 18.4. The van der Waals surface area contributed by atoms with E-state index in [4.69, 9.17) is 25.8 Å². The van der Waals surface area contributed by atoms with Crippen molar-refractivity contribution in [1.29, 1.82) is 0 Å². The first-order valence-electron chi connectivity index (χ1n) is 7.08. The molecule has 7 heteroatoms. The zero-order chi connectivity index (χ0) is 17.7. The average molecular weight is 415 g/mol. The van der Waals surface area contributed by atoms with Gasteiger partial charge in [-0.2, -0.15) is 0 Å². The molecule has 0 fully saturated rings. The highest BCUT2D eigenvalue weighted by Crippen LogP contribution is 2.29. The van der Waals surface area contributed by atoms with Crippen molar-refractivity contribution in [2.75, 3.05) is 19.5 Å². The van der Waals surface area contributed by atoms with Crippen LogP contribution in [0.2, 0.25) is 5.02 Å². The van der Waals surface area contributed by atoms with E-state index in [2.05, 4.69) is 21.2 Å². The van der Waals surface area contributed by atoms with Crippen molar-refractivity contribution >= 4 is 39.1 Å². The summed E-state index contributed by atoms with van der Waals surface area (Å²) in [5, 5.41) is 3.19. The molecule has 0 bridgehead atoms. The fourth-order valence-electron chi connectivity index (χ4n) is 1.94. The van der Waals surface area contributed by atoms with Crippen LogP contribution in [-0.4, -0.2) is 26.2 Å². The number of amides is 1. The minimum absolute atomic E-state index is 0.315. The van der Waals surface area contributed by atoms with Gasteiger partial charge in [-0.05, 0) is 25.1 Å². The zero-order valence-electron chi connectivity index (χ0n) is 13.4.